The third-order valence-corrected chi connectivity index (χ3v) is 32.8. The first-order valence-corrected chi connectivity index (χ1v) is 32.8. The molecule has 0 unspecified atom stereocenters. The van der Waals surface area contributed by atoms with Crippen LogP contribution in [0.15, 0.2) is 218 Å². The summed E-state index contributed by atoms with van der Waals surface area (Å²) in [6.45, 7) is 9.04. The minimum atomic E-state index is -3.62. The highest BCUT2D eigenvalue weighted by Crippen LogP contribution is 2.38. The van der Waals surface area contributed by atoms with Crippen molar-refractivity contribution in [1.29, 1.82) is 0 Å². The van der Waals surface area contributed by atoms with Gasteiger partial charge in [0, 0.05) is 20.7 Å². The lowest BCUT2D eigenvalue weighted by Crippen LogP contribution is -2.77. The second-order valence-electron chi connectivity index (χ2n) is 18.9. The Morgan fingerprint density at radius 1 is 0.191 bits per heavy atom. The molecule has 0 radical (unpaired) electrons. The van der Waals surface area contributed by atoms with E-state index >= 15 is 0 Å². The average molecular weight is 945 g/mol. The molecule has 1 aliphatic heterocycles. The largest absolute Gasteiger partial charge is 0.409 e. The lowest BCUT2D eigenvalue weighted by atomic mass is 10.0. The van der Waals surface area contributed by atoms with Crippen molar-refractivity contribution in [3.63, 3.8) is 0 Å². The summed E-state index contributed by atoms with van der Waals surface area (Å²) in [6.07, 6.45) is 0. The van der Waals surface area contributed by atoms with Crippen LogP contribution < -0.4 is 20.7 Å². The maximum Gasteiger partial charge on any atom is 0.352 e. The van der Waals surface area contributed by atoms with Gasteiger partial charge in [-0.25, -0.2) is 0 Å². The standard InChI is InChI=1S/C60H48O4Si4/c1-65(57-29-13-25-49-45-21-9-5-17-41(45)33-37-53(49)57)61-66(2,58-30-14-26-50-46-22-10-6-18-42(46)34-38-54(50)58)63-68(4,60-32-16-28-52-48-24-12-8-20-44(48)36-40-56(52)60)64-67(3,62-65)59-31-15-27-51-47-23-11-7-19-43(47)35-39-55(51)59/h5-40H,1-4H3. The summed E-state index contributed by atoms with van der Waals surface area (Å²) in [4.78, 5) is 0. The van der Waals surface area contributed by atoms with E-state index in [0.717, 1.165) is 42.3 Å². The molecule has 0 atom stereocenters. The topological polar surface area (TPSA) is 36.9 Å². The molecule has 0 saturated carbocycles. The molecular formula is C60H48O4Si4. The molecular weight excluding hydrogens is 897 g/mol. The maximum absolute atomic E-state index is 8.30. The van der Waals surface area contributed by atoms with Crippen molar-refractivity contribution >= 4 is 141 Å². The first-order chi connectivity index (χ1) is 33.1. The fraction of sp³-hybridized carbons (Fsp3) is 0.0667. The van der Waals surface area contributed by atoms with E-state index in [1.807, 2.05) is 0 Å². The predicted octanol–water partition coefficient (Wildman–Crippen LogP) is 13.2. The summed E-state index contributed by atoms with van der Waals surface area (Å²) in [6, 6.07) is 79.3. The van der Waals surface area contributed by atoms with Gasteiger partial charge in [0.15, 0.2) is 0 Å². The van der Waals surface area contributed by atoms with Gasteiger partial charge in [-0.2, -0.15) is 0 Å². The van der Waals surface area contributed by atoms with E-state index in [-0.39, 0.29) is 0 Å². The van der Waals surface area contributed by atoms with E-state index < -0.39 is 34.2 Å². The zero-order valence-corrected chi connectivity index (χ0v) is 42.4. The van der Waals surface area contributed by atoms with Crippen LogP contribution in [0.5, 0.6) is 0 Å². The van der Waals surface area contributed by atoms with Gasteiger partial charge in [0.1, 0.15) is 0 Å². The predicted molar refractivity (Wildman–Crippen MR) is 295 cm³/mol. The molecule has 1 aliphatic rings. The fourth-order valence-electron chi connectivity index (χ4n) is 11.8. The van der Waals surface area contributed by atoms with Crippen molar-refractivity contribution in [3.8, 4) is 0 Å². The monoisotopic (exact) mass is 944 g/mol. The SMILES string of the molecule is C[Si]1(c2cccc3c2ccc2ccccc23)O[Si](C)(c2cccc3c2ccc2ccccc23)O[Si](C)(c2cccc3c2ccc2ccccc23)O[Si](C)(c2cccc3c2ccc2ccccc23)O1. The van der Waals surface area contributed by atoms with E-state index in [9.17, 15) is 0 Å². The normalized spacial score (nSPS) is 22.4. The molecule has 4 nitrogen and oxygen atoms in total. The van der Waals surface area contributed by atoms with Gasteiger partial charge in [-0.3, -0.25) is 0 Å². The Bertz CT molecular complexity index is 3510. The molecule has 328 valence electrons. The zero-order valence-electron chi connectivity index (χ0n) is 38.4. The van der Waals surface area contributed by atoms with Crippen LogP contribution >= 0.6 is 0 Å². The highest BCUT2D eigenvalue weighted by molar-refractivity contribution is 7.07. The molecule has 0 N–H and O–H groups in total. The minimum Gasteiger partial charge on any atom is -0.409 e. The van der Waals surface area contributed by atoms with Crippen LogP contribution in [0.1, 0.15) is 0 Å². The molecule has 12 aromatic rings. The second-order valence-corrected chi connectivity index (χ2v) is 31.9. The highest BCUT2D eigenvalue weighted by Gasteiger charge is 2.61. The summed E-state index contributed by atoms with van der Waals surface area (Å²) in [5.41, 5.74) is 0. The number of rotatable bonds is 4. The number of fused-ring (bicyclic) bond motifs is 12. The van der Waals surface area contributed by atoms with Gasteiger partial charge >= 0.3 is 34.2 Å². The summed E-state index contributed by atoms with van der Waals surface area (Å²) in [5.74, 6) is 0. The van der Waals surface area contributed by atoms with Crippen LogP contribution in [0.25, 0.3) is 86.2 Å². The minimum absolute atomic E-state index is 1.07. The number of hydrogen-bond acceptors (Lipinski definition) is 4. The van der Waals surface area contributed by atoms with Crippen LogP contribution in [0.3, 0.4) is 0 Å². The summed E-state index contributed by atoms with van der Waals surface area (Å²) in [7, 11) is -14.5. The summed E-state index contributed by atoms with van der Waals surface area (Å²) < 4.78 is 33.2. The number of hydrogen-bond donors (Lipinski definition) is 0. The van der Waals surface area contributed by atoms with Crippen molar-refractivity contribution in [3.05, 3.63) is 218 Å². The average Bonchev–Trinajstić information content (AvgIpc) is 3.37. The molecule has 1 heterocycles. The molecule has 8 heteroatoms. The first kappa shape index (κ1) is 41.6. The van der Waals surface area contributed by atoms with Gasteiger partial charge < -0.3 is 16.5 Å². The van der Waals surface area contributed by atoms with E-state index in [0.29, 0.717) is 0 Å². The van der Waals surface area contributed by atoms with Crippen LogP contribution in [-0.2, 0) is 16.5 Å². The Kier molecular flexibility index (Phi) is 9.47. The fourth-order valence-corrected chi connectivity index (χ4v) is 33.8. The van der Waals surface area contributed by atoms with E-state index in [4.69, 9.17) is 16.5 Å². The molecule has 13 rings (SSSR count). The third kappa shape index (κ3) is 6.44. The van der Waals surface area contributed by atoms with Crippen molar-refractivity contribution in [2.24, 2.45) is 0 Å². The third-order valence-electron chi connectivity index (χ3n) is 14.7. The van der Waals surface area contributed by atoms with Crippen molar-refractivity contribution in [1.82, 2.24) is 0 Å². The molecule has 1 fully saturated rings. The second kappa shape index (κ2) is 15.5. The van der Waals surface area contributed by atoms with Gasteiger partial charge in [0.25, 0.3) is 0 Å². The maximum atomic E-state index is 8.30. The summed E-state index contributed by atoms with van der Waals surface area (Å²) in [5, 5.41) is 23.1. The van der Waals surface area contributed by atoms with Crippen LogP contribution in [0.2, 0.25) is 26.2 Å². The van der Waals surface area contributed by atoms with E-state index in [2.05, 4.69) is 245 Å². The molecule has 0 aliphatic carbocycles. The Labute approximate surface area is 399 Å². The van der Waals surface area contributed by atoms with Crippen molar-refractivity contribution in [2.45, 2.75) is 26.2 Å². The summed E-state index contributed by atoms with van der Waals surface area (Å²) >= 11 is 0. The van der Waals surface area contributed by atoms with Gasteiger partial charge in [0.2, 0.25) is 0 Å². The lowest BCUT2D eigenvalue weighted by Gasteiger charge is -2.51. The number of benzene rings is 12. The van der Waals surface area contributed by atoms with E-state index in [1.165, 1.54) is 64.6 Å². The first-order valence-electron chi connectivity index (χ1n) is 23.6. The molecule has 12 aromatic carbocycles. The van der Waals surface area contributed by atoms with Crippen molar-refractivity contribution in [2.75, 3.05) is 0 Å². The van der Waals surface area contributed by atoms with Crippen molar-refractivity contribution < 1.29 is 16.5 Å². The van der Waals surface area contributed by atoms with Gasteiger partial charge in [0.05, 0.1) is 0 Å². The molecule has 0 amide bonds. The Balaban J connectivity index is 1.12. The highest BCUT2D eigenvalue weighted by atomic mass is 28.5. The molecule has 0 spiro atoms. The van der Waals surface area contributed by atoms with Gasteiger partial charge in [-0.05, 0) is 112 Å². The van der Waals surface area contributed by atoms with Gasteiger partial charge in [-0.1, -0.05) is 218 Å². The smallest absolute Gasteiger partial charge is 0.352 e. The van der Waals surface area contributed by atoms with E-state index in [1.54, 1.807) is 0 Å². The van der Waals surface area contributed by atoms with Crippen LogP contribution in [0, 0.1) is 0 Å². The molecule has 0 bridgehead atoms. The van der Waals surface area contributed by atoms with Crippen LogP contribution in [0.4, 0.5) is 0 Å². The molecule has 68 heavy (non-hydrogen) atoms. The molecule has 1 saturated heterocycles. The Morgan fingerprint density at radius 2 is 0.397 bits per heavy atom. The van der Waals surface area contributed by atoms with Gasteiger partial charge in [-0.15, -0.1) is 0 Å². The van der Waals surface area contributed by atoms with Crippen LogP contribution in [-0.4, -0.2) is 34.2 Å². The molecule has 0 aromatic heterocycles. The quantitative estimate of drug-likeness (QED) is 0.130. The zero-order chi connectivity index (χ0) is 45.8. The lowest BCUT2D eigenvalue weighted by molar-refractivity contribution is 0.254. The Hall–Kier alpha value is -6.57. The Morgan fingerprint density at radius 3 is 0.632 bits per heavy atom.